The van der Waals surface area contributed by atoms with Crippen molar-refractivity contribution in [3.63, 3.8) is 0 Å². The number of carbonyl (C=O) groups is 2. The Morgan fingerprint density at radius 1 is 0.828 bits per heavy atom. The summed E-state index contributed by atoms with van der Waals surface area (Å²) in [5.74, 6) is 0.207. The maximum absolute atomic E-state index is 12.3. The first-order valence-electron chi connectivity index (χ1n) is 8.63. The van der Waals surface area contributed by atoms with E-state index in [4.69, 9.17) is 8.83 Å². The highest BCUT2D eigenvalue weighted by Gasteiger charge is 2.16. The first-order chi connectivity index (χ1) is 13.9. The number of hydrogen-bond acceptors (Lipinski definition) is 6. The van der Waals surface area contributed by atoms with Crippen molar-refractivity contribution in [1.82, 2.24) is 15.4 Å². The lowest BCUT2D eigenvalue weighted by molar-refractivity contribution is -0.120. The summed E-state index contributed by atoms with van der Waals surface area (Å²) in [6, 6.07) is 12.1. The largest absolute Gasteiger partial charge is 0.468 e. The molecule has 2 heterocycles. The maximum Gasteiger partial charge on any atom is 0.251 e. The molecule has 29 heavy (non-hydrogen) atoms. The van der Waals surface area contributed by atoms with Crippen molar-refractivity contribution in [3.05, 3.63) is 78.1 Å². The van der Waals surface area contributed by atoms with Gasteiger partial charge in [0, 0.05) is 5.56 Å². The Labute approximate surface area is 167 Å². The molecule has 0 unspecified atom stereocenters. The molecular formula is C19H19N3O6S. The third kappa shape index (κ3) is 5.80. The van der Waals surface area contributed by atoms with Gasteiger partial charge in [-0.3, -0.25) is 9.59 Å². The second kappa shape index (κ2) is 9.22. The van der Waals surface area contributed by atoms with E-state index in [-0.39, 0.29) is 36.0 Å². The Morgan fingerprint density at radius 2 is 1.45 bits per heavy atom. The van der Waals surface area contributed by atoms with E-state index in [1.807, 2.05) is 0 Å². The van der Waals surface area contributed by atoms with E-state index in [1.165, 1.54) is 36.8 Å². The number of hydrogen-bond donors (Lipinski definition) is 3. The molecular weight excluding hydrogens is 398 g/mol. The molecule has 0 atom stereocenters. The molecule has 152 valence electrons. The van der Waals surface area contributed by atoms with Gasteiger partial charge >= 0.3 is 0 Å². The van der Waals surface area contributed by atoms with Crippen LogP contribution in [0.4, 0.5) is 0 Å². The van der Waals surface area contributed by atoms with E-state index >= 15 is 0 Å². The summed E-state index contributed by atoms with van der Waals surface area (Å²) in [7, 11) is -3.75. The minimum absolute atomic E-state index is 0.0109. The fourth-order valence-corrected chi connectivity index (χ4v) is 3.37. The molecule has 0 spiro atoms. The average Bonchev–Trinajstić information content (AvgIpc) is 3.43. The van der Waals surface area contributed by atoms with E-state index in [0.717, 1.165) is 0 Å². The van der Waals surface area contributed by atoms with Crippen LogP contribution in [0, 0.1) is 0 Å². The van der Waals surface area contributed by atoms with E-state index in [2.05, 4.69) is 15.4 Å². The van der Waals surface area contributed by atoms with Crippen molar-refractivity contribution < 1.29 is 26.8 Å². The van der Waals surface area contributed by atoms with Crippen LogP contribution in [-0.2, 0) is 27.9 Å². The van der Waals surface area contributed by atoms with Crippen LogP contribution in [0.1, 0.15) is 21.9 Å². The first-order valence-corrected chi connectivity index (χ1v) is 10.1. The van der Waals surface area contributed by atoms with Gasteiger partial charge in [-0.1, -0.05) is 0 Å². The molecule has 0 aliphatic rings. The van der Waals surface area contributed by atoms with Crippen molar-refractivity contribution in [2.24, 2.45) is 0 Å². The standard InChI is InChI=1S/C19H19N3O6S/c23-18(20-11-15-3-1-9-27-15)13-21-19(24)14-5-7-17(8-6-14)29(25,26)22-12-16-4-2-10-28-16/h1-10,22H,11-13H2,(H,20,23)(H,21,24). The van der Waals surface area contributed by atoms with Crippen LogP contribution in [0.15, 0.2) is 74.8 Å². The third-order valence-electron chi connectivity index (χ3n) is 3.89. The van der Waals surface area contributed by atoms with Crippen LogP contribution < -0.4 is 15.4 Å². The molecule has 9 nitrogen and oxygen atoms in total. The topological polar surface area (TPSA) is 131 Å². The highest BCUT2D eigenvalue weighted by Crippen LogP contribution is 2.11. The van der Waals surface area contributed by atoms with E-state index in [1.54, 1.807) is 24.3 Å². The SMILES string of the molecule is O=C(CNC(=O)c1ccc(S(=O)(=O)NCc2ccco2)cc1)NCc1ccco1. The normalized spacial score (nSPS) is 11.2. The van der Waals surface area contributed by atoms with Gasteiger partial charge in [0.1, 0.15) is 11.5 Å². The van der Waals surface area contributed by atoms with Crippen molar-refractivity contribution in [2.75, 3.05) is 6.54 Å². The summed E-state index contributed by atoms with van der Waals surface area (Å²) in [4.78, 5) is 23.9. The summed E-state index contributed by atoms with van der Waals surface area (Å²) < 4.78 is 37.1. The summed E-state index contributed by atoms with van der Waals surface area (Å²) in [6.07, 6.45) is 2.95. The van der Waals surface area contributed by atoms with Crippen molar-refractivity contribution in [1.29, 1.82) is 0 Å². The minimum atomic E-state index is -3.75. The molecule has 3 N–H and O–H groups in total. The fourth-order valence-electron chi connectivity index (χ4n) is 2.37. The first kappa shape index (κ1) is 20.4. The Balaban J connectivity index is 1.49. The second-order valence-corrected chi connectivity index (χ2v) is 7.73. The van der Waals surface area contributed by atoms with Crippen molar-refractivity contribution in [2.45, 2.75) is 18.0 Å². The zero-order valence-electron chi connectivity index (χ0n) is 15.3. The summed E-state index contributed by atoms with van der Waals surface area (Å²) in [6.45, 7) is 0.0221. The van der Waals surface area contributed by atoms with Gasteiger partial charge in [-0.15, -0.1) is 0 Å². The van der Waals surface area contributed by atoms with Crippen LogP contribution in [0.25, 0.3) is 0 Å². The smallest absolute Gasteiger partial charge is 0.251 e. The lowest BCUT2D eigenvalue weighted by Crippen LogP contribution is -2.36. The molecule has 0 radical (unpaired) electrons. The maximum atomic E-state index is 12.3. The van der Waals surface area contributed by atoms with Crippen LogP contribution in [0.5, 0.6) is 0 Å². The molecule has 2 amide bonds. The van der Waals surface area contributed by atoms with Crippen LogP contribution >= 0.6 is 0 Å². The fraction of sp³-hybridized carbons (Fsp3) is 0.158. The van der Waals surface area contributed by atoms with E-state index < -0.39 is 15.9 Å². The van der Waals surface area contributed by atoms with Gasteiger partial charge in [0.25, 0.3) is 5.91 Å². The third-order valence-corrected chi connectivity index (χ3v) is 5.31. The lowest BCUT2D eigenvalue weighted by atomic mass is 10.2. The molecule has 0 fully saturated rings. The number of furan rings is 2. The highest BCUT2D eigenvalue weighted by atomic mass is 32.2. The predicted molar refractivity (Wildman–Crippen MR) is 102 cm³/mol. The lowest BCUT2D eigenvalue weighted by Gasteiger charge is -2.08. The van der Waals surface area contributed by atoms with Gasteiger partial charge in [0.2, 0.25) is 15.9 Å². The zero-order chi connectivity index (χ0) is 20.7. The van der Waals surface area contributed by atoms with Crippen LogP contribution in [-0.4, -0.2) is 26.8 Å². The highest BCUT2D eigenvalue weighted by molar-refractivity contribution is 7.89. The van der Waals surface area contributed by atoms with Gasteiger partial charge in [-0.2, -0.15) is 0 Å². The number of amides is 2. The number of rotatable bonds is 9. The Morgan fingerprint density at radius 3 is 2.03 bits per heavy atom. The molecule has 1 aromatic carbocycles. The van der Waals surface area contributed by atoms with E-state index in [9.17, 15) is 18.0 Å². The minimum Gasteiger partial charge on any atom is -0.468 e. The molecule has 0 bridgehead atoms. The van der Waals surface area contributed by atoms with Crippen LogP contribution in [0.3, 0.4) is 0 Å². The van der Waals surface area contributed by atoms with Gasteiger partial charge in [0.05, 0.1) is 37.1 Å². The van der Waals surface area contributed by atoms with Gasteiger partial charge < -0.3 is 19.5 Å². The second-order valence-electron chi connectivity index (χ2n) is 5.97. The number of sulfonamides is 1. The van der Waals surface area contributed by atoms with E-state index in [0.29, 0.717) is 11.5 Å². The van der Waals surface area contributed by atoms with Gasteiger partial charge in [-0.05, 0) is 48.5 Å². The van der Waals surface area contributed by atoms with Crippen molar-refractivity contribution in [3.8, 4) is 0 Å². The molecule has 3 rings (SSSR count). The summed E-state index contributed by atoms with van der Waals surface area (Å²) in [5, 5.41) is 5.08. The number of nitrogens with one attached hydrogen (secondary N) is 3. The van der Waals surface area contributed by atoms with Crippen molar-refractivity contribution >= 4 is 21.8 Å². The number of benzene rings is 1. The predicted octanol–water partition coefficient (Wildman–Crippen LogP) is 1.40. The van der Waals surface area contributed by atoms with Crippen LogP contribution in [0.2, 0.25) is 0 Å². The number of carbonyl (C=O) groups excluding carboxylic acids is 2. The molecule has 10 heteroatoms. The Hall–Kier alpha value is -3.37. The molecule has 2 aromatic heterocycles. The van der Waals surface area contributed by atoms with Gasteiger partial charge in [-0.25, -0.2) is 13.1 Å². The Kier molecular flexibility index (Phi) is 6.47. The quantitative estimate of drug-likeness (QED) is 0.482. The molecule has 0 aliphatic heterocycles. The zero-order valence-corrected chi connectivity index (χ0v) is 16.1. The average molecular weight is 417 g/mol. The summed E-state index contributed by atoms with van der Waals surface area (Å²) in [5.41, 5.74) is 0.230. The molecule has 0 saturated carbocycles. The molecule has 0 saturated heterocycles. The van der Waals surface area contributed by atoms with Gasteiger partial charge in [0.15, 0.2) is 0 Å². The summed E-state index contributed by atoms with van der Waals surface area (Å²) >= 11 is 0. The monoisotopic (exact) mass is 417 g/mol. The Bertz CT molecular complexity index is 1040. The molecule has 3 aromatic rings. The molecule has 0 aliphatic carbocycles.